The maximum absolute atomic E-state index is 12.0. The number of aliphatic hydroxyl groups excluding tert-OH is 1. The van der Waals surface area contributed by atoms with Gasteiger partial charge in [-0.25, -0.2) is 4.79 Å². The highest BCUT2D eigenvalue weighted by molar-refractivity contribution is 5.92. The molecule has 0 fully saturated rings. The molecule has 1 aromatic carbocycles. The van der Waals surface area contributed by atoms with Crippen LogP contribution in [0.2, 0.25) is 0 Å². The van der Waals surface area contributed by atoms with Crippen molar-refractivity contribution in [2.45, 2.75) is 32.6 Å². The van der Waals surface area contributed by atoms with Gasteiger partial charge in [-0.1, -0.05) is 18.2 Å². The van der Waals surface area contributed by atoms with E-state index in [1.165, 1.54) is 11.8 Å². The molecule has 1 unspecified atom stereocenters. The second-order valence-corrected chi connectivity index (χ2v) is 4.81. The van der Waals surface area contributed by atoms with Gasteiger partial charge in [-0.2, -0.15) is 0 Å². The van der Waals surface area contributed by atoms with E-state index >= 15 is 0 Å². The molecule has 0 aliphatic heterocycles. The van der Waals surface area contributed by atoms with Crippen molar-refractivity contribution in [1.29, 1.82) is 0 Å². The first-order chi connectivity index (χ1) is 8.31. The Labute approximate surface area is 107 Å². The summed E-state index contributed by atoms with van der Waals surface area (Å²) >= 11 is 0. The van der Waals surface area contributed by atoms with Crippen LogP contribution in [0.1, 0.15) is 20.8 Å². The second-order valence-electron chi connectivity index (χ2n) is 4.81. The molecule has 0 spiro atoms. The summed E-state index contributed by atoms with van der Waals surface area (Å²) in [6.45, 7) is 4.82. The monoisotopic (exact) mass is 252 g/mol. The fourth-order valence-electron chi connectivity index (χ4n) is 1.47. The lowest BCUT2D eigenvalue weighted by Gasteiger charge is -2.27. The maximum Gasteiger partial charge on any atom is 0.324 e. The highest BCUT2D eigenvalue weighted by Gasteiger charge is 2.22. The molecule has 0 aromatic heterocycles. The Morgan fingerprint density at radius 1 is 1.39 bits per heavy atom. The van der Waals surface area contributed by atoms with Gasteiger partial charge in [0.25, 0.3) is 0 Å². The van der Waals surface area contributed by atoms with Crippen molar-refractivity contribution < 1.29 is 15.0 Å². The van der Waals surface area contributed by atoms with Gasteiger partial charge < -0.3 is 15.5 Å². The van der Waals surface area contributed by atoms with Crippen molar-refractivity contribution in [2.24, 2.45) is 0 Å². The van der Waals surface area contributed by atoms with Gasteiger partial charge in [0.1, 0.15) is 6.23 Å². The van der Waals surface area contributed by atoms with Crippen LogP contribution in [0.5, 0.6) is 0 Å². The fourth-order valence-corrected chi connectivity index (χ4v) is 1.47. The molecule has 0 saturated heterocycles. The predicted molar refractivity (Wildman–Crippen MR) is 70.3 cm³/mol. The number of nitrogens with one attached hydrogen (secondary N) is 1. The average molecular weight is 252 g/mol. The van der Waals surface area contributed by atoms with Crippen LogP contribution in [0.25, 0.3) is 0 Å². The number of anilines is 1. The molecule has 18 heavy (non-hydrogen) atoms. The van der Waals surface area contributed by atoms with E-state index in [-0.39, 0.29) is 6.54 Å². The van der Waals surface area contributed by atoms with Crippen molar-refractivity contribution in [3.63, 3.8) is 0 Å². The number of rotatable bonds is 4. The number of carbonyl (C=O) groups is 1. The Morgan fingerprint density at radius 3 is 2.39 bits per heavy atom. The van der Waals surface area contributed by atoms with Gasteiger partial charge >= 0.3 is 6.03 Å². The zero-order valence-corrected chi connectivity index (χ0v) is 10.9. The number of carbonyl (C=O) groups excluding carboxylic acids is 1. The van der Waals surface area contributed by atoms with E-state index in [4.69, 9.17) is 0 Å². The van der Waals surface area contributed by atoms with E-state index in [1.54, 1.807) is 38.1 Å². The molecule has 1 atom stereocenters. The molecule has 0 saturated carbocycles. The van der Waals surface area contributed by atoms with Crippen molar-refractivity contribution in [3.8, 4) is 0 Å². The first-order valence-corrected chi connectivity index (χ1v) is 5.84. The lowest BCUT2D eigenvalue weighted by atomic mass is 10.1. The highest BCUT2D eigenvalue weighted by Crippen LogP contribution is 2.15. The second kappa shape index (κ2) is 5.84. The molecule has 1 aromatic rings. The van der Waals surface area contributed by atoms with Gasteiger partial charge in [-0.15, -0.1) is 0 Å². The first kappa shape index (κ1) is 14.5. The summed E-state index contributed by atoms with van der Waals surface area (Å²) < 4.78 is 0. The quantitative estimate of drug-likeness (QED) is 0.707. The number of benzene rings is 1. The first-order valence-electron chi connectivity index (χ1n) is 5.84. The van der Waals surface area contributed by atoms with Crippen molar-refractivity contribution in [2.75, 3.05) is 11.4 Å². The standard InChI is InChI=1S/C13H20N2O3/c1-10(16)15(11-7-5-4-6-8-11)12(17)14-9-13(2,3)18/h4-8,10,16,18H,9H2,1-3H3,(H,14,17). The van der Waals surface area contributed by atoms with Crippen molar-refractivity contribution in [3.05, 3.63) is 30.3 Å². The van der Waals surface area contributed by atoms with E-state index in [0.29, 0.717) is 5.69 Å². The molecule has 0 radical (unpaired) electrons. The Morgan fingerprint density at radius 2 is 1.94 bits per heavy atom. The van der Waals surface area contributed by atoms with Crippen LogP contribution >= 0.6 is 0 Å². The Balaban J connectivity index is 2.78. The largest absolute Gasteiger partial charge is 0.389 e. The SMILES string of the molecule is CC(O)N(C(=O)NCC(C)(C)O)c1ccccc1. The molecule has 5 heteroatoms. The summed E-state index contributed by atoms with van der Waals surface area (Å²) in [6, 6.07) is 8.42. The summed E-state index contributed by atoms with van der Waals surface area (Å²) in [5, 5.41) is 21.8. The summed E-state index contributed by atoms with van der Waals surface area (Å²) in [4.78, 5) is 13.2. The summed E-state index contributed by atoms with van der Waals surface area (Å²) in [5.74, 6) is 0. The Bertz CT molecular complexity index is 385. The lowest BCUT2D eigenvalue weighted by molar-refractivity contribution is 0.0814. The van der Waals surface area contributed by atoms with Gasteiger partial charge in [-0.05, 0) is 32.9 Å². The molecular weight excluding hydrogens is 232 g/mol. The number of hydrogen-bond donors (Lipinski definition) is 3. The number of amides is 2. The zero-order chi connectivity index (χ0) is 13.8. The Hall–Kier alpha value is -1.59. The Kier molecular flexibility index (Phi) is 4.69. The molecule has 5 nitrogen and oxygen atoms in total. The number of nitrogens with zero attached hydrogens (tertiary/aromatic N) is 1. The predicted octanol–water partition coefficient (Wildman–Crippen LogP) is 1.31. The molecule has 1 rings (SSSR count). The summed E-state index contributed by atoms with van der Waals surface area (Å²) in [5.41, 5.74) is -0.391. The third-order valence-corrected chi connectivity index (χ3v) is 2.30. The third-order valence-electron chi connectivity index (χ3n) is 2.30. The minimum Gasteiger partial charge on any atom is -0.389 e. The molecule has 2 amide bonds. The van der Waals surface area contributed by atoms with Crippen LogP contribution in [-0.4, -0.2) is 34.6 Å². The molecule has 100 valence electrons. The van der Waals surface area contributed by atoms with Crippen LogP contribution in [0.15, 0.2) is 30.3 Å². The topological polar surface area (TPSA) is 72.8 Å². The minimum atomic E-state index is -0.989. The van der Waals surface area contributed by atoms with Crippen LogP contribution in [-0.2, 0) is 0 Å². The number of urea groups is 1. The zero-order valence-electron chi connectivity index (χ0n) is 10.9. The van der Waals surface area contributed by atoms with E-state index in [9.17, 15) is 15.0 Å². The average Bonchev–Trinajstić information content (AvgIpc) is 2.26. The van der Waals surface area contributed by atoms with Crippen molar-refractivity contribution in [1.82, 2.24) is 5.32 Å². The number of hydrogen-bond acceptors (Lipinski definition) is 3. The normalized spacial score (nSPS) is 12.9. The van der Waals surface area contributed by atoms with Crippen LogP contribution in [0.4, 0.5) is 10.5 Å². The maximum atomic E-state index is 12.0. The van der Waals surface area contributed by atoms with Gasteiger partial charge in [0.15, 0.2) is 0 Å². The lowest BCUT2D eigenvalue weighted by Crippen LogP contribution is -2.49. The summed E-state index contributed by atoms with van der Waals surface area (Å²) in [7, 11) is 0. The van der Waals surface area contributed by atoms with E-state index < -0.39 is 17.9 Å². The van der Waals surface area contributed by atoms with Crippen LogP contribution < -0.4 is 10.2 Å². The minimum absolute atomic E-state index is 0.113. The molecule has 0 bridgehead atoms. The van der Waals surface area contributed by atoms with Gasteiger partial charge in [-0.3, -0.25) is 4.90 Å². The van der Waals surface area contributed by atoms with E-state index in [0.717, 1.165) is 0 Å². The molecule has 3 N–H and O–H groups in total. The van der Waals surface area contributed by atoms with E-state index in [1.807, 2.05) is 6.07 Å². The molecular formula is C13H20N2O3. The highest BCUT2D eigenvalue weighted by atomic mass is 16.3. The number of para-hydroxylation sites is 1. The fraction of sp³-hybridized carbons (Fsp3) is 0.462. The molecule has 0 aliphatic carbocycles. The van der Waals surface area contributed by atoms with Gasteiger partial charge in [0.05, 0.1) is 5.60 Å². The molecule has 0 heterocycles. The summed E-state index contributed by atoms with van der Waals surface area (Å²) in [6.07, 6.45) is -0.950. The smallest absolute Gasteiger partial charge is 0.324 e. The number of aliphatic hydroxyl groups is 2. The van der Waals surface area contributed by atoms with Gasteiger partial charge in [0, 0.05) is 12.2 Å². The third kappa shape index (κ3) is 4.35. The van der Waals surface area contributed by atoms with Crippen LogP contribution in [0, 0.1) is 0 Å². The van der Waals surface area contributed by atoms with E-state index in [2.05, 4.69) is 5.32 Å². The van der Waals surface area contributed by atoms with Crippen LogP contribution in [0.3, 0.4) is 0 Å². The molecule has 0 aliphatic rings. The van der Waals surface area contributed by atoms with Crippen molar-refractivity contribution >= 4 is 11.7 Å². The van der Waals surface area contributed by atoms with Gasteiger partial charge in [0.2, 0.25) is 0 Å².